The summed E-state index contributed by atoms with van der Waals surface area (Å²) in [4.78, 5) is 11.6. The predicted molar refractivity (Wildman–Crippen MR) is 68.0 cm³/mol. The molecule has 0 aliphatic heterocycles. The van der Waals surface area contributed by atoms with Gasteiger partial charge in [0.2, 0.25) is 0 Å². The lowest BCUT2D eigenvalue weighted by atomic mass is 10.2. The Morgan fingerprint density at radius 1 is 1.53 bits per heavy atom. The van der Waals surface area contributed by atoms with Crippen LogP contribution in [0.4, 0.5) is 0 Å². The number of hydrogen-bond donors (Lipinski definition) is 2. The Labute approximate surface area is 110 Å². The lowest BCUT2D eigenvalue weighted by Gasteiger charge is -2.09. The molecule has 17 heavy (non-hydrogen) atoms. The van der Waals surface area contributed by atoms with Crippen molar-refractivity contribution in [3.8, 4) is 0 Å². The van der Waals surface area contributed by atoms with Crippen molar-refractivity contribution in [2.45, 2.75) is 6.10 Å². The van der Waals surface area contributed by atoms with E-state index in [0.29, 0.717) is 4.67 Å². The van der Waals surface area contributed by atoms with Crippen LogP contribution in [-0.2, 0) is 0 Å². The first-order valence-corrected chi connectivity index (χ1v) is 6.64. The van der Waals surface area contributed by atoms with E-state index in [1.54, 1.807) is 12.1 Å². The predicted octanol–water partition coefficient (Wildman–Crippen LogP) is 2.57. The van der Waals surface area contributed by atoms with Crippen LogP contribution >= 0.6 is 27.3 Å². The highest BCUT2D eigenvalue weighted by molar-refractivity contribution is 9.10. The molecule has 2 aromatic heterocycles. The third kappa shape index (κ3) is 3.18. The number of aliphatic hydroxyl groups is 1. The summed E-state index contributed by atoms with van der Waals surface area (Å²) in [6.45, 7) is 0.161. The maximum atomic E-state index is 11.6. The minimum absolute atomic E-state index is 0.161. The van der Waals surface area contributed by atoms with Crippen LogP contribution in [0.25, 0.3) is 0 Å². The summed E-state index contributed by atoms with van der Waals surface area (Å²) in [6.07, 6.45) is -0.691. The topological polar surface area (TPSA) is 62.5 Å². The second kappa shape index (κ2) is 5.48. The molecule has 1 unspecified atom stereocenters. The van der Waals surface area contributed by atoms with Crippen molar-refractivity contribution in [1.29, 1.82) is 0 Å². The molecule has 2 N–H and O–H groups in total. The number of carbonyl (C=O) groups excluding carboxylic acids is 1. The normalized spacial score (nSPS) is 12.4. The SMILES string of the molecule is O=C(NCC(O)c1ccsc1)c1ccc(Br)o1. The van der Waals surface area contributed by atoms with Crippen molar-refractivity contribution in [3.05, 3.63) is 45.0 Å². The third-order valence-corrected chi connectivity index (χ3v) is 3.31. The minimum Gasteiger partial charge on any atom is -0.444 e. The summed E-state index contributed by atoms with van der Waals surface area (Å²) in [6, 6.07) is 5.03. The molecule has 0 aliphatic rings. The van der Waals surface area contributed by atoms with Gasteiger partial charge < -0.3 is 14.8 Å². The van der Waals surface area contributed by atoms with Gasteiger partial charge in [-0.3, -0.25) is 4.79 Å². The Bertz CT molecular complexity index is 495. The molecule has 0 aliphatic carbocycles. The summed E-state index contributed by atoms with van der Waals surface area (Å²) < 4.78 is 5.59. The zero-order valence-electron chi connectivity index (χ0n) is 8.72. The summed E-state index contributed by atoms with van der Waals surface area (Å²) in [7, 11) is 0. The zero-order chi connectivity index (χ0) is 12.3. The highest BCUT2D eigenvalue weighted by Crippen LogP contribution is 2.16. The second-order valence-corrected chi connectivity index (χ2v) is 4.95. The van der Waals surface area contributed by atoms with Gasteiger partial charge in [-0.15, -0.1) is 0 Å². The smallest absolute Gasteiger partial charge is 0.287 e. The molecular weight excluding hydrogens is 306 g/mol. The number of rotatable bonds is 4. The van der Waals surface area contributed by atoms with E-state index in [4.69, 9.17) is 4.42 Å². The first-order chi connectivity index (χ1) is 8.16. The number of carbonyl (C=O) groups is 1. The largest absolute Gasteiger partial charge is 0.444 e. The number of hydrogen-bond acceptors (Lipinski definition) is 4. The quantitative estimate of drug-likeness (QED) is 0.911. The maximum absolute atomic E-state index is 11.6. The number of furan rings is 1. The molecule has 2 heterocycles. The first-order valence-electron chi connectivity index (χ1n) is 4.90. The Hall–Kier alpha value is -1.11. The van der Waals surface area contributed by atoms with Gasteiger partial charge in [0.15, 0.2) is 10.4 Å². The van der Waals surface area contributed by atoms with Crippen molar-refractivity contribution in [1.82, 2.24) is 5.32 Å². The van der Waals surface area contributed by atoms with E-state index in [9.17, 15) is 9.90 Å². The van der Waals surface area contributed by atoms with Gasteiger partial charge in [0.05, 0.1) is 6.10 Å². The monoisotopic (exact) mass is 315 g/mol. The second-order valence-electron chi connectivity index (χ2n) is 3.39. The summed E-state index contributed by atoms with van der Waals surface area (Å²) in [5, 5.41) is 16.1. The third-order valence-electron chi connectivity index (χ3n) is 2.18. The van der Waals surface area contributed by atoms with E-state index in [1.807, 2.05) is 16.8 Å². The van der Waals surface area contributed by atoms with Crippen LogP contribution in [0.3, 0.4) is 0 Å². The molecule has 0 radical (unpaired) electrons. The van der Waals surface area contributed by atoms with Crippen molar-refractivity contribution < 1.29 is 14.3 Å². The average molecular weight is 316 g/mol. The Morgan fingerprint density at radius 3 is 2.94 bits per heavy atom. The van der Waals surface area contributed by atoms with E-state index in [-0.39, 0.29) is 18.2 Å². The fourth-order valence-electron chi connectivity index (χ4n) is 1.30. The number of thiophene rings is 1. The van der Waals surface area contributed by atoms with E-state index >= 15 is 0 Å². The van der Waals surface area contributed by atoms with Gasteiger partial charge in [0.25, 0.3) is 5.91 Å². The maximum Gasteiger partial charge on any atom is 0.287 e. The van der Waals surface area contributed by atoms with Gasteiger partial charge in [-0.2, -0.15) is 11.3 Å². The van der Waals surface area contributed by atoms with Gasteiger partial charge in [0.1, 0.15) is 0 Å². The number of nitrogens with one attached hydrogen (secondary N) is 1. The standard InChI is InChI=1S/C11H10BrNO3S/c12-10-2-1-9(16-10)11(15)13-5-8(14)7-3-4-17-6-7/h1-4,6,8,14H,5H2,(H,13,15). The molecule has 1 amide bonds. The van der Waals surface area contributed by atoms with E-state index < -0.39 is 6.10 Å². The highest BCUT2D eigenvalue weighted by atomic mass is 79.9. The molecular formula is C11H10BrNO3S. The molecule has 6 heteroatoms. The van der Waals surface area contributed by atoms with Crippen LogP contribution < -0.4 is 5.32 Å². The molecule has 1 atom stereocenters. The van der Waals surface area contributed by atoms with Crippen molar-refractivity contribution in [2.75, 3.05) is 6.54 Å². The van der Waals surface area contributed by atoms with Crippen molar-refractivity contribution in [3.63, 3.8) is 0 Å². The molecule has 2 rings (SSSR count). The summed E-state index contributed by atoms with van der Waals surface area (Å²) in [5.74, 6) is -0.126. The van der Waals surface area contributed by atoms with Gasteiger partial charge in [-0.25, -0.2) is 0 Å². The Kier molecular flexibility index (Phi) is 3.98. The molecule has 0 spiro atoms. The average Bonchev–Trinajstić information content (AvgIpc) is 2.95. The van der Waals surface area contributed by atoms with Crippen LogP contribution in [0, 0.1) is 0 Å². The molecule has 0 saturated heterocycles. The molecule has 90 valence electrons. The number of halogens is 1. The van der Waals surface area contributed by atoms with Crippen LogP contribution in [0.5, 0.6) is 0 Å². The van der Waals surface area contributed by atoms with E-state index in [0.717, 1.165) is 5.56 Å². The summed E-state index contributed by atoms with van der Waals surface area (Å²) in [5.41, 5.74) is 0.802. The molecule has 0 saturated carbocycles. The van der Waals surface area contributed by atoms with Crippen LogP contribution in [0.15, 0.2) is 38.0 Å². The fraction of sp³-hybridized carbons (Fsp3) is 0.182. The Morgan fingerprint density at radius 2 is 2.35 bits per heavy atom. The first kappa shape index (κ1) is 12.3. The molecule has 2 aromatic rings. The van der Waals surface area contributed by atoms with Gasteiger partial charge >= 0.3 is 0 Å². The molecule has 0 bridgehead atoms. The highest BCUT2D eigenvalue weighted by Gasteiger charge is 2.13. The van der Waals surface area contributed by atoms with Crippen molar-refractivity contribution >= 4 is 33.2 Å². The molecule has 4 nitrogen and oxygen atoms in total. The number of aliphatic hydroxyl groups excluding tert-OH is 1. The van der Waals surface area contributed by atoms with E-state index in [1.165, 1.54) is 11.3 Å². The van der Waals surface area contributed by atoms with Crippen LogP contribution in [0.2, 0.25) is 0 Å². The minimum atomic E-state index is -0.691. The lowest BCUT2D eigenvalue weighted by Crippen LogP contribution is -2.27. The van der Waals surface area contributed by atoms with Crippen LogP contribution in [-0.4, -0.2) is 17.6 Å². The molecule has 0 aromatic carbocycles. The fourth-order valence-corrected chi connectivity index (χ4v) is 2.31. The van der Waals surface area contributed by atoms with Gasteiger partial charge in [0, 0.05) is 6.54 Å². The Balaban J connectivity index is 1.88. The van der Waals surface area contributed by atoms with Crippen LogP contribution in [0.1, 0.15) is 22.2 Å². The molecule has 0 fully saturated rings. The van der Waals surface area contributed by atoms with Gasteiger partial charge in [-0.1, -0.05) is 0 Å². The summed E-state index contributed by atoms with van der Waals surface area (Å²) >= 11 is 4.62. The van der Waals surface area contributed by atoms with Gasteiger partial charge in [-0.05, 0) is 50.5 Å². The zero-order valence-corrected chi connectivity index (χ0v) is 11.1. The van der Waals surface area contributed by atoms with E-state index in [2.05, 4.69) is 21.2 Å². The number of amides is 1. The van der Waals surface area contributed by atoms with Crippen molar-refractivity contribution in [2.24, 2.45) is 0 Å². The lowest BCUT2D eigenvalue weighted by molar-refractivity contribution is 0.0888.